The minimum Gasteiger partial charge on any atom is -0.379 e. The van der Waals surface area contributed by atoms with Gasteiger partial charge in [0.25, 0.3) is 0 Å². The molecule has 0 aliphatic carbocycles. The number of nitrogens with zero attached hydrogens (tertiary/aromatic N) is 2. The molecular formula is C19H33IN4O. The van der Waals surface area contributed by atoms with Gasteiger partial charge < -0.3 is 15.4 Å². The maximum Gasteiger partial charge on any atom is 0.191 e. The number of halogens is 1. The van der Waals surface area contributed by atoms with E-state index in [1.54, 1.807) is 0 Å². The van der Waals surface area contributed by atoms with E-state index in [4.69, 9.17) is 4.74 Å². The highest BCUT2D eigenvalue weighted by molar-refractivity contribution is 14.0. The van der Waals surface area contributed by atoms with E-state index < -0.39 is 0 Å². The number of aliphatic imine (C=N–C) groups is 1. The molecular weight excluding hydrogens is 427 g/mol. The van der Waals surface area contributed by atoms with E-state index in [0.717, 1.165) is 38.8 Å². The van der Waals surface area contributed by atoms with E-state index in [2.05, 4.69) is 65.6 Å². The number of rotatable bonds is 6. The van der Waals surface area contributed by atoms with Gasteiger partial charge in [0.2, 0.25) is 0 Å². The summed E-state index contributed by atoms with van der Waals surface area (Å²) in [4.78, 5) is 6.90. The zero-order chi connectivity index (χ0) is 17.4. The lowest BCUT2D eigenvalue weighted by Gasteiger charge is -2.37. The van der Waals surface area contributed by atoms with Gasteiger partial charge in [0.15, 0.2) is 5.96 Å². The van der Waals surface area contributed by atoms with Crippen molar-refractivity contribution in [3.63, 3.8) is 0 Å². The van der Waals surface area contributed by atoms with Crippen molar-refractivity contribution in [3.05, 3.63) is 35.9 Å². The molecule has 1 fully saturated rings. The number of guanidine groups is 1. The van der Waals surface area contributed by atoms with Crippen LogP contribution < -0.4 is 10.6 Å². The summed E-state index contributed by atoms with van der Waals surface area (Å²) in [5, 5.41) is 6.98. The zero-order valence-electron chi connectivity index (χ0n) is 15.9. The van der Waals surface area contributed by atoms with Gasteiger partial charge in [0, 0.05) is 32.7 Å². The van der Waals surface area contributed by atoms with Gasteiger partial charge in [-0.1, -0.05) is 44.2 Å². The highest BCUT2D eigenvalue weighted by Crippen LogP contribution is 2.13. The average Bonchev–Trinajstić information content (AvgIpc) is 2.62. The van der Waals surface area contributed by atoms with E-state index in [-0.39, 0.29) is 30.0 Å². The molecule has 1 aliphatic heterocycles. The lowest BCUT2D eigenvalue weighted by Crippen LogP contribution is -2.52. The monoisotopic (exact) mass is 460 g/mol. The van der Waals surface area contributed by atoms with Gasteiger partial charge in [-0.15, -0.1) is 24.0 Å². The van der Waals surface area contributed by atoms with Gasteiger partial charge in [-0.2, -0.15) is 0 Å². The molecule has 6 heteroatoms. The van der Waals surface area contributed by atoms with Crippen molar-refractivity contribution in [3.8, 4) is 0 Å². The Morgan fingerprint density at radius 2 is 1.80 bits per heavy atom. The van der Waals surface area contributed by atoms with Gasteiger partial charge in [-0.3, -0.25) is 9.89 Å². The number of hydrogen-bond acceptors (Lipinski definition) is 3. The van der Waals surface area contributed by atoms with Crippen LogP contribution in [-0.4, -0.2) is 56.8 Å². The highest BCUT2D eigenvalue weighted by atomic mass is 127. The van der Waals surface area contributed by atoms with Crippen LogP contribution in [0.5, 0.6) is 0 Å². The van der Waals surface area contributed by atoms with Crippen molar-refractivity contribution in [1.82, 2.24) is 15.5 Å². The molecule has 2 N–H and O–H groups in total. The van der Waals surface area contributed by atoms with Gasteiger partial charge in [-0.25, -0.2) is 0 Å². The smallest absolute Gasteiger partial charge is 0.191 e. The second-order valence-corrected chi connectivity index (χ2v) is 6.69. The Bertz CT molecular complexity index is 503. The van der Waals surface area contributed by atoms with Crippen LogP contribution in [0, 0.1) is 5.92 Å². The second-order valence-electron chi connectivity index (χ2n) is 6.69. The third kappa shape index (κ3) is 7.11. The SMILES string of the molecule is CN=C(NCC(C(C)C)N1CCOCC1)NC(C)c1ccccc1.I. The molecule has 1 saturated heterocycles. The normalized spacial score (nSPS) is 18.4. The first-order valence-corrected chi connectivity index (χ1v) is 8.95. The number of nitrogens with one attached hydrogen (secondary N) is 2. The summed E-state index contributed by atoms with van der Waals surface area (Å²) in [5.41, 5.74) is 1.26. The van der Waals surface area contributed by atoms with Crippen molar-refractivity contribution in [2.75, 3.05) is 39.9 Å². The van der Waals surface area contributed by atoms with Crippen LogP contribution in [-0.2, 0) is 4.74 Å². The van der Waals surface area contributed by atoms with E-state index in [0.29, 0.717) is 12.0 Å². The molecule has 0 radical (unpaired) electrons. The first-order valence-electron chi connectivity index (χ1n) is 8.95. The Kier molecular flexibility index (Phi) is 10.4. The fraction of sp³-hybridized carbons (Fsp3) is 0.632. The van der Waals surface area contributed by atoms with E-state index >= 15 is 0 Å². The van der Waals surface area contributed by atoms with Crippen molar-refractivity contribution in [2.45, 2.75) is 32.9 Å². The third-order valence-electron chi connectivity index (χ3n) is 4.64. The summed E-state index contributed by atoms with van der Waals surface area (Å²) >= 11 is 0. The van der Waals surface area contributed by atoms with E-state index in [1.165, 1.54) is 5.56 Å². The molecule has 2 rings (SSSR count). The average molecular weight is 460 g/mol. The number of benzene rings is 1. The van der Waals surface area contributed by atoms with Crippen LogP contribution in [0.3, 0.4) is 0 Å². The molecule has 0 bridgehead atoms. The molecule has 5 nitrogen and oxygen atoms in total. The summed E-state index contributed by atoms with van der Waals surface area (Å²) < 4.78 is 5.48. The molecule has 0 aromatic heterocycles. The molecule has 0 saturated carbocycles. The van der Waals surface area contributed by atoms with E-state index in [1.807, 2.05) is 13.1 Å². The van der Waals surface area contributed by atoms with E-state index in [9.17, 15) is 0 Å². The standard InChI is InChI=1S/C19H32N4O.HI/c1-15(2)18(23-10-12-24-13-11-23)14-21-19(20-4)22-16(3)17-8-6-5-7-9-17;/h5-9,15-16,18H,10-14H2,1-4H3,(H2,20,21,22);1H. The predicted molar refractivity (Wildman–Crippen MR) is 116 cm³/mol. The molecule has 1 aliphatic rings. The first kappa shape index (κ1) is 22.2. The Labute approximate surface area is 169 Å². The molecule has 1 aromatic rings. The minimum absolute atomic E-state index is 0. The van der Waals surface area contributed by atoms with Crippen LogP contribution in [0.2, 0.25) is 0 Å². The Hall–Kier alpha value is -0.860. The van der Waals surface area contributed by atoms with Crippen molar-refractivity contribution >= 4 is 29.9 Å². The van der Waals surface area contributed by atoms with Crippen molar-refractivity contribution in [2.24, 2.45) is 10.9 Å². The van der Waals surface area contributed by atoms with Gasteiger partial charge in [0.1, 0.15) is 0 Å². The fourth-order valence-corrected chi connectivity index (χ4v) is 3.12. The first-order chi connectivity index (χ1) is 11.6. The van der Waals surface area contributed by atoms with Crippen LogP contribution in [0.25, 0.3) is 0 Å². The molecule has 0 spiro atoms. The topological polar surface area (TPSA) is 48.9 Å². The zero-order valence-corrected chi connectivity index (χ0v) is 18.2. The maximum absolute atomic E-state index is 5.48. The highest BCUT2D eigenvalue weighted by Gasteiger charge is 2.24. The molecule has 1 heterocycles. The van der Waals surface area contributed by atoms with Gasteiger partial charge in [-0.05, 0) is 18.4 Å². The predicted octanol–water partition coefficient (Wildman–Crippen LogP) is 2.89. The summed E-state index contributed by atoms with van der Waals surface area (Å²) in [6, 6.07) is 11.1. The molecule has 2 unspecified atom stereocenters. The molecule has 1 aromatic carbocycles. The fourth-order valence-electron chi connectivity index (χ4n) is 3.12. The van der Waals surface area contributed by atoms with Crippen molar-refractivity contribution < 1.29 is 4.74 Å². The second kappa shape index (κ2) is 11.7. The Morgan fingerprint density at radius 3 is 2.36 bits per heavy atom. The molecule has 2 atom stereocenters. The van der Waals surface area contributed by atoms with Crippen molar-refractivity contribution in [1.29, 1.82) is 0 Å². The lowest BCUT2D eigenvalue weighted by atomic mass is 10.0. The van der Waals surface area contributed by atoms with Gasteiger partial charge in [0.05, 0.1) is 19.3 Å². The van der Waals surface area contributed by atoms with Crippen LogP contribution >= 0.6 is 24.0 Å². The summed E-state index contributed by atoms with van der Waals surface area (Å²) in [6.45, 7) is 11.3. The molecule has 0 amide bonds. The summed E-state index contributed by atoms with van der Waals surface area (Å²) in [5.74, 6) is 1.44. The molecule has 25 heavy (non-hydrogen) atoms. The summed E-state index contributed by atoms with van der Waals surface area (Å²) in [7, 11) is 1.83. The third-order valence-corrected chi connectivity index (χ3v) is 4.64. The quantitative estimate of drug-likeness (QED) is 0.390. The lowest BCUT2D eigenvalue weighted by molar-refractivity contribution is 0.00751. The molecule has 142 valence electrons. The minimum atomic E-state index is 0. The summed E-state index contributed by atoms with van der Waals surface area (Å²) in [6.07, 6.45) is 0. The Balaban J connectivity index is 0.00000312. The number of morpholine rings is 1. The number of hydrogen-bond donors (Lipinski definition) is 2. The van der Waals surface area contributed by atoms with Crippen LogP contribution in [0.15, 0.2) is 35.3 Å². The Morgan fingerprint density at radius 1 is 1.16 bits per heavy atom. The largest absolute Gasteiger partial charge is 0.379 e. The van der Waals surface area contributed by atoms with Crippen LogP contribution in [0.4, 0.5) is 0 Å². The maximum atomic E-state index is 5.48. The number of ether oxygens (including phenoxy) is 1. The van der Waals surface area contributed by atoms with Crippen LogP contribution in [0.1, 0.15) is 32.4 Å². The van der Waals surface area contributed by atoms with Gasteiger partial charge >= 0.3 is 0 Å².